The number of nitrogens with one attached hydrogen (secondary N) is 1. The predicted molar refractivity (Wildman–Crippen MR) is 116 cm³/mol. The van der Waals surface area contributed by atoms with E-state index in [9.17, 15) is 9.59 Å². The topological polar surface area (TPSA) is 79.2 Å². The molecule has 1 N–H and O–H groups in total. The van der Waals surface area contributed by atoms with Crippen LogP contribution in [0.25, 0.3) is 11.3 Å². The lowest BCUT2D eigenvalue weighted by atomic mass is 10.0. The number of hydrogen-bond acceptors (Lipinski definition) is 5. The second-order valence-corrected chi connectivity index (χ2v) is 8.02. The Morgan fingerprint density at radius 3 is 2.60 bits per heavy atom. The molecule has 2 aromatic carbocycles. The van der Waals surface area contributed by atoms with Crippen LogP contribution in [0.15, 0.2) is 58.5 Å². The Balaban J connectivity index is 1.98. The highest BCUT2D eigenvalue weighted by molar-refractivity contribution is 7.99. The second kappa shape index (κ2) is 8.31. The van der Waals surface area contributed by atoms with Crippen LogP contribution < -0.4 is 19.9 Å². The van der Waals surface area contributed by atoms with Crippen LogP contribution in [0, 0.1) is 0 Å². The minimum atomic E-state index is -0.582. The van der Waals surface area contributed by atoms with Crippen LogP contribution >= 0.6 is 11.8 Å². The first-order valence-corrected chi connectivity index (χ1v) is 10.8. The molecule has 0 unspecified atom stereocenters. The Morgan fingerprint density at radius 2 is 1.93 bits per heavy atom. The number of carbonyl (C=O) groups excluding carboxylic acids is 1. The van der Waals surface area contributed by atoms with Crippen LogP contribution in [-0.4, -0.2) is 28.3 Å². The smallest absolute Gasteiger partial charge is 0.325 e. The van der Waals surface area contributed by atoms with E-state index >= 15 is 0 Å². The maximum absolute atomic E-state index is 13.1. The van der Waals surface area contributed by atoms with Crippen molar-refractivity contribution in [1.29, 1.82) is 0 Å². The summed E-state index contributed by atoms with van der Waals surface area (Å²) >= 11 is 1.45. The van der Waals surface area contributed by atoms with Crippen molar-refractivity contribution in [1.82, 2.24) is 10.1 Å². The fourth-order valence-electron chi connectivity index (χ4n) is 3.72. The van der Waals surface area contributed by atoms with E-state index in [1.165, 1.54) is 18.7 Å². The number of carbonyl (C=O) groups is 1. The number of thioether (sulfide) groups is 1. The summed E-state index contributed by atoms with van der Waals surface area (Å²) in [4.78, 5) is 30.4. The minimum absolute atomic E-state index is 0.133. The van der Waals surface area contributed by atoms with Gasteiger partial charge in [0.05, 0.1) is 17.9 Å². The molecule has 2 heterocycles. The van der Waals surface area contributed by atoms with E-state index in [0.29, 0.717) is 28.7 Å². The van der Waals surface area contributed by atoms with Crippen molar-refractivity contribution in [2.75, 3.05) is 17.3 Å². The van der Waals surface area contributed by atoms with Crippen molar-refractivity contribution in [2.45, 2.75) is 32.1 Å². The minimum Gasteiger partial charge on any atom is -0.494 e. The Morgan fingerprint density at radius 1 is 1.20 bits per heavy atom. The maximum atomic E-state index is 13.1. The van der Waals surface area contributed by atoms with E-state index in [1.54, 1.807) is 9.58 Å². The zero-order valence-corrected chi connectivity index (χ0v) is 17.9. The molecule has 1 aliphatic rings. The normalized spacial score (nSPS) is 14.8. The van der Waals surface area contributed by atoms with Crippen LogP contribution in [-0.2, 0) is 4.79 Å². The lowest BCUT2D eigenvalue weighted by molar-refractivity contribution is -0.763. The molecule has 7 nitrogen and oxygen atoms in total. The summed E-state index contributed by atoms with van der Waals surface area (Å²) in [5.41, 5.74) is 2.40. The monoisotopic (exact) mass is 423 g/mol. The van der Waals surface area contributed by atoms with E-state index in [4.69, 9.17) is 9.84 Å². The summed E-state index contributed by atoms with van der Waals surface area (Å²) in [7, 11) is 0. The first-order chi connectivity index (χ1) is 14.5. The number of anilines is 1. The summed E-state index contributed by atoms with van der Waals surface area (Å²) in [6.45, 7) is 6.02. The van der Waals surface area contributed by atoms with Gasteiger partial charge in [0.25, 0.3) is 6.17 Å². The standard InChI is InChI=1S/C22H22N4O3S/c1-4-29-16-12-10-15(11-13-16)21-25(14(3)27)18-9-7-6-8-17(18)19-20(28)23-22(30-5-2)24-26(19)21/h6-13,21H,4-5H2,1-3H3/p+1/t21-/m0/s1. The van der Waals surface area contributed by atoms with Gasteiger partial charge in [0.15, 0.2) is 0 Å². The summed E-state index contributed by atoms with van der Waals surface area (Å²) in [5.74, 6) is 1.38. The summed E-state index contributed by atoms with van der Waals surface area (Å²) in [6.07, 6.45) is -0.582. The van der Waals surface area contributed by atoms with Gasteiger partial charge in [-0.15, -0.1) is 0 Å². The molecule has 0 aliphatic carbocycles. The Hall–Kier alpha value is -3.13. The van der Waals surface area contributed by atoms with Crippen LogP contribution in [0.1, 0.15) is 32.5 Å². The number of aromatic amines is 1. The van der Waals surface area contributed by atoms with Crippen molar-refractivity contribution >= 4 is 23.4 Å². The number of aromatic nitrogens is 3. The molecule has 0 saturated carbocycles. The number of H-pyrrole nitrogens is 1. The van der Waals surface area contributed by atoms with E-state index in [2.05, 4.69) is 4.98 Å². The molecule has 1 aromatic heterocycles. The quantitative estimate of drug-likeness (QED) is 0.504. The SMILES string of the molecule is CCOc1ccc([C@H]2N(C(C)=O)c3ccccc3-c3c(=O)[nH]c(SCC)n[n+]32)cc1. The van der Waals surface area contributed by atoms with E-state index in [0.717, 1.165) is 17.1 Å². The van der Waals surface area contributed by atoms with Crippen LogP contribution in [0.4, 0.5) is 5.69 Å². The fraction of sp³-hybridized carbons (Fsp3) is 0.273. The molecule has 0 fully saturated rings. The van der Waals surface area contributed by atoms with Gasteiger partial charge in [0.2, 0.25) is 11.1 Å². The summed E-state index contributed by atoms with van der Waals surface area (Å²) in [6, 6.07) is 15.0. The number of ether oxygens (including phenoxy) is 1. The Kier molecular flexibility index (Phi) is 5.59. The molecular weight excluding hydrogens is 400 g/mol. The number of nitrogens with zero attached hydrogens (tertiary/aromatic N) is 3. The van der Waals surface area contributed by atoms with Crippen molar-refractivity contribution in [3.05, 3.63) is 64.4 Å². The molecule has 154 valence electrons. The molecule has 3 aromatic rings. The van der Waals surface area contributed by atoms with Crippen molar-refractivity contribution in [3.8, 4) is 17.0 Å². The molecule has 0 spiro atoms. The molecular formula is C22H23N4O3S+. The first kappa shape index (κ1) is 20.2. The highest BCUT2D eigenvalue weighted by atomic mass is 32.2. The van der Waals surface area contributed by atoms with Gasteiger partial charge in [0.1, 0.15) is 5.75 Å². The average Bonchev–Trinajstić information content (AvgIpc) is 2.73. The van der Waals surface area contributed by atoms with Crippen LogP contribution in [0.2, 0.25) is 0 Å². The van der Waals surface area contributed by atoms with Crippen LogP contribution in [0.3, 0.4) is 0 Å². The van der Waals surface area contributed by atoms with Crippen molar-refractivity contribution in [2.24, 2.45) is 0 Å². The second-order valence-electron chi connectivity index (χ2n) is 6.77. The van der Waals surface area contributed by atoms with Gasteiger partial charge in [-0.25, -0.2) is 4.90 Å². The molecule has 30 heavy (non-hydrogen) atoms. The highest BCUT2D eigenvalue weighted by Gasteiger charge is 2.44. The van der Waals surface area contributed by atoms with Gasteiger partial charge in [-0.2, -0.15) is 0 Å². The van der Waals surface area contributed by atoms with Gasteiger partial charge < -0.3 is 4.74 Å². The summed E-state index contributed by atoms with van der Waals surface area (Å²) in [5, 5.41) is 5.23. The molecule has 8 heteroatoms. The molecule has 0 saturated heterocycles. The van der Waals surface area contributed by atoms with Gasteiger partial charge >= 0.3 is 11.3 Å². The number of hydrogen-bond donors (Lipinski definition) is 1. The summed E-state index contributed by atoms with van der Waals surface area (Å²) < 4.78 is 7.22. The lowest BCUT2D eigenvalue weighted by Crippen LogP contribution is -2.60. The molecule has 1 amide bonds. The molecule has 1 atom stereocenters. The number of amides is 1. The van der Waals surface area contributed by atoms with Gasteiger partial charge in [0, 0.05) is 17.6 Å². The number of benzene rings is 2. The first-order valence-electron chi connectivity index (χ1n) is 9.86. The van der Waals surface area contributed by atoms with Crippen molar-refractivity contribution < 1.29 is 14.2 Å². The van der Waals surface area contributed by atoms with Crippen LogP contribution in [0.5, 0.6) is 5.75 Å². The molecule has 0 radical (unpaired) electrons. The Bertz CT molecular complexity index is 1140. The lowest BCUT2D eigenvalue weighted by Gasteiger charge is -2.31. The van der Waals surface area contributed by atoms with Crippen molar-refractivity contribution in [3.63, 3.8) is 0 Å². The van der Waals surface area contributed by atoms with E-state index in [1.807, 2.05) is 62.4 Å². The average molecular weight is 424 g/mol. The van der Waals surface area contributed by atoms with Gasteiger partial charge in [-0.3, -0.25) is 14.6 Å². The number of para-hydroxylation sites is 1. The number of fused-ring (bicyclic) bond motifs is 3. The highest BCUT2D eigenvalue weighted by Crippen LogP contribution is 2.37. The van der Waals surface area contributed by atoms with E-state index < -0.39 is 6.17 Å². The predicted octanol–water partition coefficient (Wildman–Crippen LogP) is 3.15. The third kappa shape index (κ3) is 3.47. The Labute approximate surface area is 178 Å². The third-order valence-electron chi connectivity index (χ3n) is 4.87. The van der Waals surface area contributed by atoms with Gasteiger partial charge in [-0.05, 0) is 53.8 Å². The zero-order valence-electron chi connectivity index (χ0n) is 17.1. The maximum Gasteiger partial charge on any atom is 0.325 e. The number of rotatable bonds is 5. The zero-order chi connectivity index (χ0) is 21.3. The van der Waals surface area contributed by atoms with E-state index in [-0.39, 0.29) is 11.5 Å². The molecule has 1 aliphatic heterocycles. The molecule has 0 bridgehead atoms. The fourth-order valence-corrected chi connectivity index (χ4v) is 4.30. The van der Waals surface area contributed by atoms with Gasteiger partial charge in [-0.1, -0.05) is 30.8 Å². The third-order valence-corrected chi connectivity index (χ3v) is 5.61. The molecule has 4 rings (SSSR count). The largest absolute Gasteiger partial charge is 0.494 e.